The lowest BCUT2D eigenvalue weighted by molar-refractivity contribution is 0.475. The summed E-state index contributed by atoms with van der Waals surface area (Å²) in [7, 11) is 0. The monoisotopic (exact) mass is 240 g/mol. The van der Waals surface area contributed by atoms with Gasteiger partial charge >= 0.3 is 0 Å². The van der Waals surface area contributed by atoms with Crippen molar-refractivity contribution >= 4 is 11.5 Å². The van der Waals surface area contributed by atoms with Crippen LogP contribution in [0.3, 0.4) is 0 Å². The molecule has 3 N–H and O–H groups in total. The van der Waals surface area contributed by atoms with Crippen molar-refractivity contribution in [3.63, 3.8) is 0 Å². The summed E-state index contributed by atoms with van der Waals surface area (Å²) in [4.78, 5) is 4.20. The molecule has 0 aliphatic rings. The maximum absolute atomic E-state index is 9.23. The molecule has 1 aromatic carbocycles. The molecule has 0 atom stereocenters. The molecule has 0 saturated carbocycles. The van der Waals surface area contributed by atoms with Crippen LogP contribution in [0.1, 0.15) is 11.3 Å². The lowest BCUT2D eigenvalue weighted by atomic mass is 10.1. The second-order valence-corrected chi connectivity index (χ2v) is 4.12. The van der Waals surface area contributed by atoms with Gasteiger partial charge in [0.05, 0.1) is 5.69 Å². The largest absolute Gasteiger partial charge is 0.508 e. The Morgan fingerprint density at radius 3 is 2.67 bits per heavy atom. The number of hydrogen-bond acceptors (Lipinski definition) is 4. The van der Waals surface area contributed by atoms with Gasteiger partial charge in [-0.3, -0.25) is 0 Å². The molecule has 3 aromatic rings. The molecule has 0 fully saturated rings. The first-order chi connectivity index (χ1) is 8.72. The fraction of sp³-hybridized carbons (Fsp3) is 0.0769. The maximum atomic E-state index is 9.23. The third kappa shape index (κ3) is 1.86. The number of aromatic hydroxyl groups is 1. The van der Waals surface area contributed by atoms with E-state index in [0.29, 0.717) is 12.2 Å². The van der Waals surface area contributed by atoms with Crippen LogP contribution >= 0.6 is 0 Å². The minimum Gasteiger partial charge on any atom is -0.508 e. The molecule has 5 nitrogen and oxygen atoms in total. The van der Waals surface area contributed by atoms with Crippen molar-refractivity contribution < 1.29 is 5.11 Å². The van der Waals surface area contributed by atoms with Crippen molar-refractivity contribution in [2.45, 2.75) is 6.42 Å². The molecule has 0 amide bonds. The number of phenols is 1. The van der Waals surface area contributed by atoms with Gasteiger partial charge < -0.3 is 10.8 Å². The van der Waals surface area contributed by atoms with Crippen LogP contribution in [0.15, 0.2) is 42.6 Å². The number of hydrogen-bond donors (Lipinski definition) is 2. The predicted octanol–water partition coefficient (Wildman–Crippen LogP) is 1.61. The van der Waals surface area contributed by atoms with E-state index in [2.05, 4.69) is 10.1 Å². The zero-order valence-electron chi connectivity index (χ0n) is 9.61. The Kier molecular flexibility index (Phi) is 2.37. The van der Waals surface area contributed by atoms with Crippen molar-refractivity contribution in [2.75, 3.05) is 5.73 Å². The van der Waals surface area contributed by atoms with Crippen LogP contribution in [-0.2, 0) is 6.42 Å². The SMILES string of the molecule is Nc1ccnc2cc(Cc3ccc(O)cc3)nn12. The number of anilines is 1. The third-order valence-corrected chi connectivity index (χ3v) is 2.76. The number of fused-ring (bicyclic) bond motifs is 1. The molecule has 0 saturated heterocycles. The van der Waals surface area contributed by atoms with Crippen LogP contribution in [0, 0.1) is 0 Å². The van der Waals surface area contributed by atoms with Crippen LogP contribution in [0.25, 0.3) is 5.65 Å². The molecular weight excluding hydrogens is 228 g/mol. The zero-order chi connectivity index (χ0) is 12.5. The highest BCUT2D eigenvalue weighted by Crippen LogP contribution is 2.15. The van der Waals surface area contributed by atoms with Gasteiger partial charge in [0.2, 0.25) is 0 Å². The molecule has 3 rings (SSSR count). The van der Waals surface area contributed by atoms with Crippen LogP contribution < -0.4 is 5.73 Å². The molecule has 5 heteroatoms. The van der Waals surface area contributed by atoms with Gasteiger partial charge in [-0.25, -0.2) is 4.98 Å². The van der Waals surface area contributed by atoms with Crippen LogP contribution in [0.2, 0.25) is 0 Å². The minimum absolute atomic E-state index is 0.264. The summed E-state index contributed by atoms with van der Waals surface area (Å²) < 4.78 is 1.62. The van der Waals surface area contributed by atoms with E-state index in [-0.39, 0.29) is 5.75 Å². The first-order valence-electron chi connectivity index (χ1n) is 5.59. The van der Waals surface area contributed by atoms with E-state index in [0.717, 1.165) is 16.9 Å². The molecule has 0 unspecified atom stereocenters. The van der Waals surface area contributed by atoms with Gasteiger partial charge in [0, 0.05) is 18.7 Å². The number of phenolic OH excluding ortho intramolecular Hbond substituents is 1. The lowest BCUT2D eigenvalue weighted by Crippen LogP contribution is -1.99. The molecule has 0 aliphatic heterocycles. The average molecular weight is 240 g/mol. The first-order valence-corrected chi connectivity index (χ1v) is 5.59. The van der Waals surface area contributed by atoms with Gasteiger partial charge in [-0.05, 0) is 23.8 Å². The van der Waals surface area contributed by atoms with E-state index >= 15 is 0 Å². The van der Waals surface area contributed by atoms with Gasteiger partial charge in [-0.1, -0.05) is 12.1 Å². The summed E-state index contributed by atoms with van der Waals surface area (Å²) in [6.07, 6.45) is 2.35. The summed E-state index contributed by atoms with van der Waals surface area (Å²) in [6.45, 7) is 0. The number of nitrogens with zero attached hydrogens (tertiary/aromatic N) is 3. The van der Waals surface area contributed by atoms with Crippen LogP contribution in [0.5, 0.6) is 5.75 Å². The molecule has 2 heterocycles. The van der Waals surface area contributed by atoms with E-state index in [1.54, 1.807) is 28.9 Å². The predicted molar refractivity (Wildman–Crippen MR) is 68.3 cm³/mol. The summed E-state index contributed by atoms with van der Waals surface area (Å²) in [5, 5.41) is 13.6. The Balaban J connectivity index is 1.95. The normalized spacial score (nSPS) is 10.9. The molecule has 0 bridgehead atoms. The summed E-state index contributed by atoms with van der Waals surface area (Å²) >= 11 is 0. The van der Waals surface area contributed by atoms with Crippen LogP contribution in [-0.4, -0.2) is 19.7 Å². The summed E-state index contributed by atoms with van der Waals surface area (Å²) in [5.74, 6) is 0.830. The molecule has 0 spiro atoms. The van der Waals surface area contributed by atoms with Crippen molar-refractivity contribution in [2.24, 2.45) is 0 Å². The molecule has 18 heavy (non-hydrogen) atoms. The Labute approximate surface area is 104 Å². The maximum Gasteiger partial charge on any atom is 0.157 e. The second-order valence-electron chi connectivity index (χ2n) is 4.12. The minimum atomic E-state index is 0.264. The lowest BCUT2D eigenvalue weighted by Gasteiger charge is -1.98. The van der Waals surface area contributed by atoms with Gasteiger partial charge in [-0.2, -0.15) is 9.61 Å². The van der Waals surface area contributed by atoms with Crippen molar-refractivity contribution in [3.05, 3.63) is 53.9 Å². The number of aromatic nitrogens is 3. The number of nitrogen functional groups attached to an aromatic ring is 1. The highest BCUT2D eigenvalue weighted by atomic mass is 16.3. The number of rotatable bonds is 2. The fourth-order valence-corrected chi connectivity index (χ4v) is 1.87. The zero-order valence-corrected chi connectivity index (χ0v) is 9.61. The smallest absolute Gasteiger partial charge is 0.157 e. The number of nitrogens with two attached hydrogens (primary N) is 1. The van der Waals surface area contributed by atoms with E-state index in [1.807, 2.05) is 18.2 Å². The van der Waals surface area contributed by atoms with Gasteiger partial charge in [0.1, 0.15) is 11.6 Å². The second kappa shape index (κ2) is 4.03. The van der Waals surface area contributed by atoms with E-state index < -0.39 is 0 Å². The Bertz CT molecular complexity index is 688. The third-order valence-electron chi connectivity index (χ3n) is 2.76. The Hall–Kier alpha value is -2.56. The fourth-order valence-electron chi connectivity index (χ4n) is 1.87. The highest BCUT2D eigenvalue weighted by Gasteiger charge is 2.05. The molecular formula is C13H12N4O. The van der Waals surface area contributed by atoms with E-state index in [9.17, 15) is 5.11 Å². The van der Waals surface area contributed by atoms with Gasteiger partial charge in [0.25, 0.3) is 0 Å². The summed E-state index contributed by atoms with van der Waals surface area (Å²) in [6, 6.07) is 10.7. The van der Waals surface area contributed by atoms with Crippen molar-refractivity contribution in [1.82, 2.24) is 14.6 Å². The Morgan fingerprint density at radius 1 is 1.17 bits per heavy atom. The standard InChI is InChI=1S/C13H12N4O/c14-12-5-6-15-13-8-10(16-17(12)13)7-9-1-3-11(18)4-2-9/h1-6,8,18H,7,14H2. The van der Waals surface area contributed by atoms with Crippen molar-refractivity contribution in [1.29, 1.82) is 0 Å². The molecule has 2 aromatic heterocycles. The topological polar surface area (TPSA) is 76.4 Å². The Morgan fingerprint density at radius 2 is 1.94 bits per heavy atom. The van der Waals surface area contributed by atoms with Gasteiger partial charge in [0.15, 0.2) is 5.65 Å². The van der Waals surface area contributed by atoms with E-state index in [4.69, 9.17) is 5.73 Å². The highest BCUT2D eigenvalue weighted by molar-refractivity contribution is 5.46. The summed E-state index contributed by atoms with van der Waals surface area (Å²) in [5.41, 5.74) is 8.52. The quantitative estimate of drug-likeness (QED) is 0.713. The average Bonchev–Trinajstić information content (AvgIpc) is 2.76. The molecule has 90 valence electrons. The van der Waals surface area contributed by atoms with Crippen molar-refractivity contribution in [3.8, 4) is 5.75 Å². The van der Waals surface area contributed by atoms with Gasteiger partial charge in [-0.15, -0.1) is 0 Å². The molecule has 0 aliphatic carbocycles. The molecule has 0 radical (unpaired) electrons. The first kappa shape index (κ1) is 10.6. The van der Waals surface area contributed by atoms with E-state index in [1.165, 1.54) is 0 Å². The number of benzene rings is 1. The van der Waals surface area contributed by atoms with Crippen LogP contribution in [0.4, 0.5) is 5.82 Å².